The minimum atomic E-state index is 0.757. The average molecular weight is 319 g/mol. The maximum Gasteiger partial charge on any atom is 0.141 e. The van der Waals surface area contributed by atoms with Crippen molar-refractivity contribution in [3.8, 4) is 11.4 Å². The molecule has 0 bridgehead atoms. The predicted octanol–water partition coefficient (Wildman–Crippen LogP) is 5.41. The smallest absolute Gasteiger partial charge is 0.141 e. The summed E-state index contributed by atoms with van der Waals surface area (Å²) in [6, 6.07) is 26.5. The Bertz CT molecular complexity index is 940. The molecule has 2 nitrogen and oxygen atoms in total. The maximum absolute atomic E-state index is 6.00. The van der Waals surface area contributed by atoms with Crippen LogP contribution in [0.5, 0.6) is 0 Å². The highest BCUT2D eigenvalue weighted by Gasteiger charge is 2.12. The SMILES string of the molecule is Clc1ccc(Cn2c(-c3ccccc3)nc3ccccc32)cc1. The van der Waals surface area contributed by atoms with Crippen LogP contribution in [0, 0.1) is 0 Å². The summed E-state index contributed by atoms with van der Waals surface area (Å²) in [6.45, 7) is 0.766. The van der Waals surface area contributed by atoms with Gasteiger partial charge in [0.2, 0.25) is 0 Å². The van der Waals surface area contributed by atoms with Crippen LogP contribution in [0.1, 0.15) is 5.56 Å². The van der Waals surface area contributed by atoms with Gasteiger partial charge in [-0.3, -0.25) is 0 Å². The van der Waals surface area contributed by atoms with Gasteiger partial charge in [0, 0.05) is 17.1 Å². The zero-order valence-electron chi connectivity index (χ0n) is 12.5. The molecule has 112 valence electrons. The molecule has 0 aliphatic heterocycles. The van der Waals surface area contributed by atoms with Crippen molar-refractivity contribution in [2.45, 2.75) is 6.54 Å². The molecule has 0 atom stereocenters. The molecule has 0 fully saturated rings. The summed E-state index contributed by atoms with van der Waals surface area (Å²) in [4.78, 5) is 4.83. The summed E-state index contributed by atoms with van der Waals surface area (Å²) < 4.78 is 2.26. The van der Waals surface area contributed by atoms with Crippen LogP contribution in [-0.4, -0.2) is 9.55 Å². The third-order valence-electron chi connectivity index (χ3n) is 3.94. The monoisotopic (exact) mass is 318 g/mol. The first kappa shape index (κ1) is 14.0. The van der Waals surface area contributed by atoms with Crippen molar-refractivity contribution in [3.63, 3.8) is 0 Å². The molecule has 3 aromatic carbocycles. The molecule has 0 aliphatic carbocycles. The lowest BCUT2D eigenvalue weighted by molar-refractivity contribution is 0.834. The van der Waals surface area contributed by atoms with Crippen molar-refractivity contribution in [3.05, 3.63) is 89.4 Å². The number of rotatable bonds is 3. The number of aromatic nitrogens is 2. The van der Waals surface area contributed by atoms with Crippen LogP contribution < -0.4 is 0 Å². The lowest BCUT2D eigenvalue weighted by atomic mass is 10.2. The van der Waals surface area contributed by atoms with E-state index in [1.165, 1.54) is 5.56 Å². The number of hydrogen-bond donors (Lipinski definition) is 0. The van der Waals surface area contributed by atoms with E-state index in [-0.39, 0.29) is 0 Å². The molecular formula is C20H15ClN2. The minimum absolute atomic E-state index is 0.757. The Balaban J connectivity index is 1.87. The normalized spacial score (nSPS) is 11.0. The van der Waals surface area contributed by atoms with E-state index in [9.17, 15) is 0 Å². The Morgan fingerprint density at radius 1 is 0.783 bits per heavy atom. The van der Waals surface area contributed by atoms with E-state index in [4.69, 9.17) is 16.6 Å². The third kappa shape index (κ3) is 2.73. The van der Waals surface area contributed by atoms with E-state index >= 15 is 0 Å². The van der Waals surface area contributed by atoms with E-state index in [0.29, 0.717) is 0 Å². The maximum atomic E-state index is 6.00. The number of imidazole rings is 1. The highest BCUT2D eigenvalue weighted by Crippen LogP contribution is 2.26. The number of halogens is 1. The van der Waals surface area contributed by atoms with Gasteiger partial charge in [0.05, 0.1) is 11.0 Å². The Labute approximate surface area is 140 Å². The number of benzene rings is 3. The van der Waals surface area contributed by atoms with Gasteiger partial charge in [0.25, 0.3) is 0 Å². The predicted molar refractivity (Wildman–Crippen MR) is 95.7 cm³/mol. The van der Waals surface area contributed by atoms with Gasteiger partial charge in [0.15, 0.2) is 0 Å². The van der Waals surface area contributed by atoms with Crippen LogP contribution in [0.25, 0.3) is 22.4 Å². The van der Waals surface area contributed by atoms with Gasteiger partial charge in [0.1, 0.15) is 5.82 Å². The molecule has 23 heavy (non-hydrogen) atoms. The van der Waals surface area contributed by atoms with Crippen LogP contribution in [0.3, 0.4) is 0 Å². The fourth-order valence-electron chi connectivity index (χ4n) is 2.82. The van der Waals surface area contributed by atoms with Crippen LogP contribution in [0.15, 0.2) is 78.9 Å². The van der Waals surface area contributed by atoms with Crippen molar-refractivity contribution < 1.29 is 0 Å². The van der Waals surface area contributed by atoms with Crippen molar-refractivity contribution in [1.29, 1.82) is 0 Å². The van der Waals surface area contributed by atoms with Crippen molar-refractivity contribution in [2.24, 2.45) is 0 Å². The topological polar surface area (TPSA) is 17.8 Å². The highest BCUT2D eigenvalue weighted by atomic mass is 35.5. The quantitative estimate of drug-likeness (QED) is 0.494. The van der Waals surface area contributed by atoms with Gasteiger partial charge in [-0.15, -0.1) is 0 Å². The van der Waals surface area contributed by atoms with Gasteiger partial charge in [-0.1, -0.05) is 66.2 Å². The molecule has 0 amide bonds. The average Bonchev–Trinajstić information content (AvgIpc) is 2.96. The molecule has 0 N–H and O–H groups in total. The molecule has 1 aromatic heterocycles. The number of hydrogen-bond acceptors (Lipinski definition) is 1. The molecular weight excluding hydrogens is 304 g/mol. The highest BCUT2D eigenvalue weighted by molar-refractivity contribution is 6.30. The van der Waals surface area contributed by atoms with Gasteiger partial charge in [-0.25, -0.2) is 4.98 Å². The van der Waals surface area contributed by atoms with Gasteiger partial charge < -0.3 is 4.57 Å². The zero-order chi connectivity index (χ0) is 15.6. The number of para-hydroxylation sites is 2. The Morgan fingerprint density at radius 3 is 2.26 bits per heavy atom. The first-order valence-electron chi connectivity index (χ1n) is 7.56. The van der Waals surface area contributed by atoms with Gasteiger partial charge in [-0.05, 0) is 29.8 Å². The lowest BCUT2D eigenvalue weighted by Gasteiger charge is -2.10. The summed E-state index contributed by atoms with van der Waals surface area (Å²) in [5.41, 5.74) is 4.48. The summed E-state index contributed by atoms with van der Waals surface area (Å²) in [7, 11) is 0. The second kappa shape index (κ2) is 5.90. The van der Waals surface area contributed by atoms with Crippen LogP contribution in [0.2, 0.25) is 5.02 Å². The van der Waals surface area contributed by atoms with Crippen LogP contribution in [0.4, 0.5) is 0 Å². The number of fused-ring (bicyclic) bond motifs is 1. The lowest BCUT2D eigenvalue weighted by Crippen LogP contribution is -2.02. The zero-order valence-corrected chi connectivity index (χ0v) is 13.2. The summed E-state index contributed by atoms with van der Waals surface area (Å²) >= 11 is 6.00. The molecule has 0 saturated heterocycles. The summed E-state index contributed by atoms with van der Waals surface area (Å²) in [5.74, 6) is 0.988. The van der Waals surface area contributed by atoms with E-state index in [1.807, 2.05) is 36.4 Å². The fraction of sp³-hybridized carbons (Fsp3) is 0.0500. The molecule has 4 aromatic rings. The van der Waals surface area contributed by atoms with Gasteiger partial charge in [-0.2, -0.15) is 0 Å². The largest absolute Gasteiger partial charge is 0.319 e. The molecule has 0 saturated carbocycles. The second-order valence-electron chi connectivity index (χ2n) is 5.50. The first-order valence-corrected chi connectivity index (χ1v) is 7.94. The molecule has 0 radical (unpaired) electrons. The molecule has 1 heterocycles. The van der Waals surface area contributed by atoms with Gasteiger partial charge >= 0.3 is 0 Å². The molecule has 3 heteroatoms. The van der Waals surface area contributed by atoms with Crippen LogP contribution in [-0.2, 0) is 6.54 Å². The van der Waals surface area contributed by atoms with E-state index < -0.39 is 0 Å². The standard InChI is InChI=1S/C20H15ClN2/c21-17-12-10-15(11-13-17)14-23-19-9-5-4-8-18(19)22-20(23)16-6-2-1-3-7-16/h1-13H,14H2. The summed E-state index contributed by atoms with van der Waals surface area (Å²) in [5, 5.41) is 0.757. The van der Waals surface area contributed by atoms with E-state index in [1.54, 1.807) is 0 Å². The molecule has 4 rings (SSSR count). The summed E-state index contributed by atoms with van der Waals surface area (Å²) in [6.07, 6.45) is 0. The fourth-order valence-corrected chi connectivity index (χ4v) is 2.94. The minimum Gasteiger partial charge on any atom is -0.319 e. The third-order valence-corrected chi connectivity index (χ3v) is 4.19. The molecule has 0 unspecified atom stereocenters. The molecule has 0 aliphatic rings. The second-order valence-corrected chi connectivity index (χ2v) is 5.94. The Morgan fingerprint density at radius 2 is 1.48 bits per heavy atom. The Hall–Kier alpha value is -2.58. The molecule has 0 spiro atoms. The van der Waals surface area contributed by atoms with E-state index in [0.717, 1.165) is 34.0 Å². The van der Waals surface area contributed by atoms with Crippen LogP contribution >= 0.6 is 11.6 Å². The van der Waals surface area contributed by atoms with E-state index in [2.05, 4.69) is 47.0 Å². The first-order chi connectivity index (χ1) is 11.3. The Kier molecular flexibility index (Phi) is 3.60. The van der Waals surface area contributed by atoms with Crippen molar-refractivity contribution >= 4 is 22.6 Å². The van der Waals surface area contributed by atoms with Crippen molar-refractivity contribution in [1.82, 2.24) is 9.55 Å². The number of nitrogens with zero attached hydrogens (tertiary/aromatic N) is 2. The van der Waals surface area contributed by atoms with Crippen molar-refractivity contribution in [2.75, 3.05) is 0 Å².